The Bertz CT molecular complexity index is 2160. The molecule has 5 saturated heterocycles. The number of H-pyrrole nitrogens is 1. The third-order valence-corrected chi connectivity index (χ3v) is 14.2. The van der Waals surface area contributed by atoms with Crippen molar-refractivity contribution in [1.29, 1.82) is 0 Å². The van der Waals surface area contributed by atoms with E-state index in [1.165, 1.54) is 11.6 Å². The Kier molecular flexibility index (Phi) is 12.7. The molecule has 0 aliphatic carbocycles. The lowest BCUT2D eigenvalue weighted by atomic mass is 9.89. The molecular weight excluding hydrogens is 792 g/mol. The quantitative estimate of drug-likeness (QED) is 0.271. The van der Waals surface area contributed by atoms with Crippen molar-refractivity contribution in [2.24, 2.45) is 5.92 Å². The van der Waals surface area contributed by atoms with Crippen LogP contribution in [0, 0.1) is 11.7 Å². The maximum Gasteiger partial charge on any atom is 0.325 e. The first-order valence-electron chi connectivity index (χ1n) is 21.2. The van der Waals surface area contributed by atoms with Crippen molar-refractivity contribution < 1.29 is 33.1 Å². The minimum absolute atomic E-state index is 0.0729. The van der Waals surface area contributed by atoms with E-state index in [1.54, 1.807) is 34.6 Å². The lowest BCUT2D eigenvalue weighted by Crippen LogP contribution is -2.53. The molecule has 17 heteroatoms. The van der Waals surface area contributed by atoms with Gasteiger partial charge in [-0.25, -0.2) is 14.2 Å². The molecule has 6 amide bonds. The van der Waals surface area contributed by atoms with E-state index in [9.17, 15) is 28.8 Å². The van der Waals surface area contributed by atoms with Crippen LogP contribution in [-0.4, -0.2) is 136 Å². The number of anilines is 1. The molecule has 8 rings (SSSR count). The molecule has 5 fully saturated rings. The van der Waals surface area contributed by atoms with E-state index in [0.717, 1.165) is 57.3 Å². The topological polar surface area (TPSA) is 169 Å². The van der Waals surface area contributed by atoms with Crippen LogP contribution in [0.4, 0.5) is 14.9 Å². The SMILES string of the molecule is CC(=O)N1CCC(COc2cc(F)c3c(=O)[nH]c(CSC4CCN(CC(=O)N5CCC(c6ccc(N7CCN(C8CCC(=O)NC8=O)C7=O)cc6)CC5)CC4)nc3c2)CC1. The van der Waals surface area contributed by atoms with E-state index in [-0.39, 0.29) is 47.0 Å². The van der Waals surface area contributed by atoms with Gasteiger partial charge in [-0.1, -0.05) is 12.1 Å². The number of nitrogens with zero attached hydrogens (tertiary/aromatic N) is 6. The van der Waals surface area contributed by atoms with E-state index in [0.29, 0.717) is 87.3 Å². The number of piperidine rings is 4. The molecule has 1 unspecified atom stereocenters. The first-order valence-corrected chi connectivity index (χ1v) is 22.3. The Morgan fingerprint density at radius 3 is 2.28 bits per heavy atom. The van der Waals surface area contributed by atoms with Crippen LogP contribution in [0.5, 0.6) is 5.75 Å². The van der Waals surface area contributed by atoms with Crippen molar-refractivity contribution in [1.82, 2.24) is 34.9 Å². The number of carbonyl (C=O) groups is 5. The fourth-order valence-corrected chi connectivity index (χ4v) is 10.3. The van der Waals surface area contributed by atoms with Crippen LogP contribution in [0.2, 0.25) is 0 Å². The van der Waals surface area contributed by atoms with Crippen molar-refractivity contribution in [3.63, 3.8) is 0 Å². The number of hydrogen-bond acceptors (Lipinski definition) is 10. The zero-order chi connectivity index (χ0) is 41.9. The molecule has 5 aliphatic heterocycles. The van der Waals surface area contributed by atoms with Gasteiger partial charge >= 0.3 is 6.03 Å². The van der Waals surface area contributed by atoms with Gasteiger partial charge in [-0.15, -0.1) is 0 Å². The van der Waals surface area contributed by atoms with Gasteiger partial charge < -0.3 is 24.4 Å². The molecule has 0 bridgehead atoms. The molecule has 320 valence electrons. The number of halogens is 1. The van der Waals surface area contributed by atoms with Gasteiger partial charge in [0.15, 0.2) is 0 Å². The molecule has 2 N–H and O–H groups in total. The molecule has 5 aliphatic rings. The third-order valence-electron chi connectivity index (χ3n) is 12.8. The van der Waals surface area contributed by atoms with Crippen LogP contribution in [0.3, 0.4) is 0 Å². The van der Waals surface area contributed by atoms with E-state index < -0.39 is 23.3 Å². The number of urea groups is 1. The van der Waals surface area contributed by atoms with Crippen LogP contribution >= 0.6 is 11.8 Å². The van der Waals surface area contributed by atoms with Crippen molar-refractivity contribution in [3.8, 4) is 5.75 Å². The van der Waals surface area contributed by atoms with Gasteiger partial charge in [-0.05, 0) is 87.6 Å². The fourth-order valence-electron chi connectivity index (χ4n) is 9.20. The predicted octanol–water partition coefficient (Wildman–Crippen LogP) is 3.85. The van der Waals surface area contributed by atoms with E-state index in [4.69, 9.17) is 4.74 Å². The summed E-state index contributed by atoms with van der Waals surface area (Å²) in [5.41, 5.74) is 1.72. The first-order chi connectivity index (χ1) is 29.0. The van der Waals surface area contributed by atoms with Gasteiger partial charge in [0.1, 0.15) is 28.8 Å². The molecule has 6 heterocycles. The molecule has 60 heavy (non-hydrogen) atoms. The van der Waals surface area contributed by atoms with Gasteiger partial charge in [0.25, 0.3) is 5.56 Å². The summed E-state index contributed by atoms with van der Waals surface area (Å²) in [5.74, 6) is 0.731. The summed E-state index contributed by atoms with van der Waals surface area (Å²) in [6.45, 7) is 7.65. The van der Waals surface area contributed by atoms with Crippen LogP contribution in [0.25, 0.3) is 10.9 Å². The Labute approximate surface area is 352 Å². The molecule has 1 atom stereocenters. The summed E-state index contributed by atoms with van der Waals surface area (Å²) in [6.07, 6.45) is 5.77. The first kappa shape index (κ1) is 41.7. The number of likely N-dealkylation sites (tertiary alicyclic amines) is 3. The highest BCUT2D eigenvalue weighted by atomic mass is 32.2. The Hall–Kier alpha value is -5.03. The predicted molar refractivity (Wildman–Crippen MR) is 224 cm³/mol. The molecule has 0 saturated carbocycles. The average molecular weight is 845 g/mol. The van der Waals surface area contributed by atoms with Gasteiger partial charge in [0.05, 0.1) is 24.4 Å². The molecule has 0 spiro atoms. The van der Waals surface area contributed by atoms with Crippen LogP contribution < -0.4 is 20.5 Å². The highest BCUT2D eigenvalue weighted by Gasteiger charge is 2.40. The largest absolute Gasteiger partial charge is 0.493 e. The number of carbonyl (C=O) groups excluding carboxylic acids is 5. The molecular formula is C43H53FN8O7S. The molecule has 2 aromatic carbocycles. The van der Waals surface area contributed by atoms with Crippen molar-refractivity contribution in [3.05, 3.63) is 64.0 Å². The van der Waals surface area contributed by atoms with Gasteiger partial charge in [-0.2, -0.15) is 11.8 Å². The molecule has 0 radical (unpaired) electrons. The third kappa shape index (κ3) is 9.46. The van der Waals surface area contributed by atoms with Crippen molar-refractivity contribution in [2.45, 2.75) is 81.3 Å². The summed E-state index contributed by atoms with van der Waals surface area (Å²) in [6, 6.07) is 10.1. The maximum atomic E-state index is 15.0. The van der Waals surface area contributed by atoms with E-state index in [2.05, 4.69) is 32.3 Å². The number of benzene rings is 2. The van der Waals surface area contributed by atoms with Gasteiger partial charge in [0.2, 0.25) is 23.6 Å². The zero-order valence-corrected chi connectivity index (χ0v) is 34.9. The van der Waals surface area contributed by atoms with Crippen LogP contribution in [0.1, 0.15) is 75.6 Å². The summed E-state index contributed by atoms with van der Waals surface area (Å²) in [4.78, 5) is 91.6. The number of fused-ring (bicyclic) bond motifs is 1. The number of aromatic amines is 1. The number of nitrogens with one attached hydrogen (secondary N) is 2. The lowest BCUT2D eigenvalue weighted by Gasteiger charge is -2.36. The Morgan fingerprint density at radius 2 is 1.58 bits per heavy atom. The minimum Gasteiger partial charge on any atom is -0.493 e. The highest BCUT2D eigenvalue weighted by Crippen LogP contribution is 2.32. The lowest BCUT2D eigenvalue weighted by molar-refractivity contribution is -0.137. The summed E-state index contributed by atoms with van der Waals surface area (Å²) in [5, 5.41) is 2.60. The van der Waals surface area contributed by atoms with Crippen molar-refractivity contribution in [2.75, 3.05) is 70.4 Å². The molecule has 3 aromatic rings. The average Bonchev–Trinajstić information content (AvgIpc) is 3.63. The second-order valence-electron chi connectivity index (χ2n) is 16.7. The number of aromatic nitrogens is 2. The Morgan fingerprint density at radius 1 is 0.867 bits per heavy atom. The molecule has 1 aromatic heterocycles. The van der Waals surface area contributed by atoms with E-state index in [1.807, 2.05) is 21.9 Å². The number of imide groups is 1. The number of amides is 6. The standard InChI is InChI=1S/C43H53FN8O7S/c1-27(53)49-16-8-28(9-17-49)25-59-32-22-34(44)40-35(23-32)45-37(46-42(40)57)26-60-33-12-14-48(15-13-33)24-39(55)50-18-10-30(11-19-50)29-2-4-31(5-3-29)51-20-21-52(43(51)58)36-6-7-38(54)47-41(36)56/h2-5,22-23,28,30,33,36H,6-21,24-26H2,1H3,(H,45,46,57)(H,47,54,56). The summed E-state index contributed by atoms with van der Waals surface area (Å²) >= 11 is 1.71. The zero-order valence-electron chi connectivity index (χ0n) is 34.0. The number of thioether (sulfide) groups is 1. The Balaban J connectivity index is 0.755. The summed E-state index contributed by atoms with van der Waals surface area (Å²) in [7, 11) is 0. The number of rotatable bonds is 11. The number of ether oxygens (including phenoxy) is 1. The second-order valence-corrected chi connectivity index (χ2v) is 18.0. The second kappa shape index (κ2) is 18.3. The van der Waals surface area contributed by atoms with Crippen LogP contribution in [0.15, 0.2) is 41.2 Å². The fraction of sp³-hybridized carbons (Fsp3) is 0.558. The van der Waals surface area contributed by atoms with E-state index >= 15 is 4.39 Å². The molecule has 15 nitrogen and oxygen atoms in total. The monoisotopic (exact) mass is 844 g/mol. The van der Waals surface area contributed by atoms with Crippen LogP contribution in [-0.2, 0) is 24.9 Å². The number of hydrogen-bond donors (Lipinski definition) is 2. The highest BCUT2D eigenvalue weighted by molar-refractivity contribution is 7.99. The minimum atomic E-state index is -0.667. The maximum absolute atomic E-state index is 15.0. The smallest absolute Gasteiger partial charge is 0.325 e. The summed E-state index contributed by atoms with van der Waals surface area (Å²) < 4.78 is 21.0. The normalized spacial score (nSPS) is 21.6. The van der Waals surface area contributed by atoms with Gasteiger partial charge in [0, 0.05) is 75.7 Å². The van der Waals surface area contributed by atoms with Crippen molar-refractivity contribution >= 4 is 58.0 Å². The van der Waals surface area contributed by atoms with Gasteiger partial charge in [-0.3, -0.25) is 39.1 Å².